The molecule has 0 bridgehead atoms. The van der Waals surface area contributed by atoms with E-state index >= 15 is 0 Å². The van der Waals surface area contributed by atoms with Gasteiger partial charge in [-0.3, -0.25) is 19.2 Å². The lowest BCUT2D eigenvalue weighted by atomic mass is 9.79. The number of aliphatic hydroxyl groups excluding tert-OH is 1. The van der Waals surface area contributed by atoms with Crippen LogP contribution >= 0.6 is 0 Å². The maximum absolute atomic E-state index is 14.3. The van der Waals surface area contributed by atoms with Crippen LogP contribution in [0.5, 0.6) is 0 Å². The Balaban J connectivity index is 1.58. The van der Waals surface area contributed by atoms with Crippen molar-refractivity contribution in [2.24, 2.45) is 29.1 Å². The maximum atomic E-state index is 14.3. The minimum absolute atomic E-state index is 0.0222. The first-order valence-corrected chi connectivity index (χ1v) is 18.7. The van der Waals surface area contributed by atoms with Crippen LogP contribution in [0.25, 0.3) is 0 Å². The molecule has 1 fully saturated rings. The average molecular weight is 699 g/mol. The summed E-state index contributed by atoms with van der Waals surface area (Å²) in [6, 6.07) is 17.1. The lowest BCUT2D eigenvalue weighted by molar-refractivity contribution is -0.135. The number of aliphatic hydroxyl groups is 1. The molecule has 4 rings (SSSR count). The first-order valence-electron chi connectivity index (χ1n) is 18.7. The van der Waals surface area contributed by atoms with Gasteiger partial charge in [-0.05, 0) is 36.7 Å². The zero-order valence-corrected chi connectivity index (χ0v) is 31.1. The summed E-state index contributed by atoms with van der Waals surface area (Å²) in [6.07, 6.45) is 8.93. The van der Waals surface area contributed by atoms with Crippen LogP contribution in [0.15, 0.2) is 73.2 Å². The van der Waals surface area contributed by atoms with E-state index in [0.717, 1.165) is 31.2 Å². The van der Waals surface area contributed by atoms with Gasteiger partial charge in [0.1, 0.15) is 11.8 Å². The Labute approximate surface area is 303 Å². The standard InChI is InChI=1S/C42H58N4O5/c1-28(2)34(39(49)31-19-13-8-14-20-31)25-37(47)35(22-30-17-11-7-12-18-30)45-41(51)36(24-33-26-43-27-44-33)46-40(50)32(23-38(48)42(3,4)5)21-29-15-9-6-10-16-29/h6,8-10,13-16,19-20,26-28,30,32,34-37,47H,7,11-12,17-18,21-25H2,1-5H3,(H,43,44)(H,45,51)(H,46,50)/t32-,34+,35+,36+,37+/m1/s1. The molecular weight excluding hydrogens is 640 g/mol. The Kier molecular flexibility index (Phi) is 14.7. The number of rotatable bonds is 18. The molecule has 4 N–H and O–H groups in total. The highest BCUT2D eigenvalue weighted by Gasteiger charge is 2.35. The van der Waals surface area contributed by atoms with Gasteiger partial charge in [0.25, 0.3) is 0 Å². The predicted octanol–water partition coefficient (Wildman–Crippen LogP) is 6.66. The van der Waals surface area contributed by atoms with E-state index in [9.17, 15) is 24.3 Å². The second-order valence-corrected chi connectivity index (χ2v) is 15.8. The molecule has 1 heterocycles. The van der Waals surface area contributed by atoms with E-state index < -0.39 is 41.3 Å². The van der Waals surface area contributed by atoms with E-state index in [0.29, 0.717) is 30.0 Å². The summed E-state index contributed by atoms with van der Waals surface area (Å²) in [6.45, 7) is 9.50. The Hall–Kier alpha value is -4.11. The van der Waals surface area contributed by atoms with Gasteiger partial charge in [-0.2, -0.15) is 0 Å². The summed E-state index contributed by atoms with van der Waals surface area (Å²) in [7, 11) is 0. The second kappa shape index (κ2) is 18.9. The minimum atomic E-state index is -0.992. The molecule has 2 amide bonds. The van der Waals surface area contributed by atoms with Crippen LogP contribution < -0.4 is 10.6 Å². The van der Waals surface area contributed by atoms with Crippen molar-refractivity contribution in [2.45, 2.75) is 117 Å². The molecule has 9 heteroatoms. The Morgan fingerprint density at radius 1 is 0.882 bits per heavy atom. The van der Waals surface area contributed by atoms with Crippen molar-refractivity contribution in [3.63, 3.8) is 0 Å². The molecule has 1 aliphatic carbocycles. The molecule has 3 aromatic rings. The highest BCUT2D eigenvalue weighted by Crippen LogP contribution is 2.31. The minimum Gasteiger partial charge on any atom is -0.391 e. The number of nitrogens with one attached hydrogen (secondary N) is 3. The van der Waals surface area contributed by atoms with E-state index in [2.05, 4.69) is 20.6 Å². The van der Waals surface area contributed by atoms with Gasteiger partial charge in [-0.25, -0.2) is 4.98 Å². The van der Waals surface area contributed by atoms with E-state index in [-0.39, 0.29) is 42.7 Å². The summed E-state index contributed by atoms with van der Waals surface area (Å²) in [5, 5.41) is 18.0. The number of aromatic nitrogens is 2. The molecular formula is C42H58N4O5. The fourth-order valence-electron chi connectivity index (χ4n) is 7.10. The van der Waals surface area contributed by atoms with Gasteiger partial charge in [-0.15, -0.1) is 0 Å². The molecule has 0 aliphatic heterocycles. The molecule has 0 unspecified atom stereocenters. The lowest BCUT2D eigenvalue weighted by Gasteiger charge is -2.33. The van der Waals surface area contributed by atoms with Gasteiger partial charge in [0.05, 0.1) is 18.5 Å². The average Bonchev–Trinajstić information content (AvgIpc) is 3.63. The number of amides is 2. The number of Topliss-reactive ketones (excluding diaryl/α,β-unsaturated/α-hetero) is 2. The highest BCUT2D eigenvalue weighted by molar-refractivity contribution is 5.98. The van der Waals surface area contributed by atoms with Crippen molar-refractivity contribution in [2.75, 3.05) is 0 Å². The van der Waals surface area contributed by atoms with E-state index in [1.807, 2.05) is 83.1 Å². The molecule has 1 saturated carbocycles. The van der Waals surface area contributed by atoms with Crippen LogP contribution in [0.3, 0.4) is 0 Å². The van der Waals surface area contributed by atoms with Crippen LogP contribution in [0, 0.1) is 29.1 Å². The maximum Gasteiger partial charge on any atom is 0.243 e. The Morgan fingerprint density at radius 2 is 1.53 bits per heavy atom. The van der Waals surface area contributed by atoms with Crippen LogP contribution in [0.1, 0.15) is 108 Å². The van der Waals surface area contributed by atoms with Crippen LogP contribution in [-0.4, -0.2) is 56.6 Å². The van der Waals surface area contributed by atoms with E-state index in [1.165, 1.54) is 12.7 Å². The Bertz CT molecular complexity index is 1530. The number of aromatic amines is 1. The van der Waals surface area contributed by atoms with Crippen molar-refractivity contribution in [3.05, 3.63) is 90.0 Å². The number of carbonyl (C=O) groups is 4. The zero-order chi connectivity index (χ0) is 37.0. The number of hydrogen-bond donors (Lipinski definition) is 4. The molecule has 5 atom stereocenters. The molecule has 0 saturated heterocycles. The highest BCUT2D eigenvalue weighted by atomic mass is 16.3. The summed E-state index contributed by atoms with van der Waals surface area (Å²) in [5.74, 6) is -1.67. The zero-order valence-electron chi connectivity index (χ0n) is 31.1. The van der Waals surface area contributed by atoms with Crippen molar-refractivity contribution >= 4 is 23.4 Å². The fraction of sp³-hybridized carbons (Fsp3) is 0.548. The van der Waals surface area contributed by atoms with Crippen molar-refractivity contribution in [1.82, 2.24) is 20.6 Å². The number of imidazole rings is 1. The monoisotopic (exact) mass is 698 g/mol. The van der Waals surface area contributed by atoms with Crippen LogP contribution in [0.4, 0.5) is 0 Å². The number of H-pyrrole nitrogens is 1. The molecule has 276 valence electrons. The quantitative estimate of drug-likeness (QED) is 0.110. The molecule has 1 aromatic heterocycles. The molecule has 1 aliphatic rings. The van der Waals surface area contributed by atoms with Crippen LogP contribution in [0.2, 0.25) is 0 Å². The summed E-state index contributed by atoms with van der Waals surface area (Å²) >= 11 is 0. The third kappa shape index (κ3) is 12.3. The largest absolute Gasteiger partial charge is 0.391 e. The van der Waals surface area contributed by atoms with E-state index in [1.54, 1.807) is 18.3 Å². The number of carbonyl (C=O) groups excluding carboxylic acids is 4. The predicted molar refractivity (Wildman–Crippen MR) is 200 cm³/mol. The molecule has 0 spiro atoms. The summed E-state index contributed by atoms with van der Waals surface area (Å²) < 4.78 is 0. The second-order valence-electron chi connectivity index (χ2n) is 15.8. The van der Waals surface area contributed by atoms with Gasteiger partial charge >= 0.3 is 0 Å². The van der Waals surface area contributed by atoms with Gasteiger partial charge in [-0.1, -0.05) is 127 Å². The van der Waals surface area contributed by atoms with Crippen molar-refractivity contribution in [3.8, 4) is 0 Å². The first kappa shape index (κ1) is 39.7. The first-order chi connectivity index (χ1) is 24.3. The smallest absolute Gasteiger partial charge is 0.243 e. The number of hydrogen-bond acceptors (Lipinski definition) is 6. The number of nitrogens with zero attached hydrogens (tertiary/aromatic N) is 1. The molecule has 2 aromatic carbocycles. The third-order valence-electron chi connectivity index (χ3n) is 10.4. The van der Waals surface area contributed by atoms with Crippen molar-refractivity contribution in [1.29, 1.82) is 0 Å². The fourth-order valence-corrected chi connectivity index (χ4v) is 7.10. The van der Waals surface area contributed by atoms with Gasteiger partial charge < -0.3 is 20.7 Å². The van der Waals surface area contributed by atoms with Crippen molar-refractivity contribution < 1.29 is 24.3 Å². The summed E-state index contributed by atoms with van der Waals surface area (Å²) in [4.78, 5) is 62.3. The SMILES string of the molecule is CC(C)[C@H](C[C@H](O)[C@H](CC1CCCCC1)NC(=O)[C@H](Cc1cnc[nH]1)NC(=O)[C@@H](CC(=O)C(C)(C)C)Cc1ccccc1)C(=O)c1ccccc1. The van der Waals surface area contributed by atoms with Gasteiger partial charge in [0.2, 0.25) is 11.8 Å². The summed E-state index contributed by atoms with van der Waals surface area (Å²) in [5.41, 5.74) is 1.57. The van der Waals surface area contributed by atoms with Gasteiger partial charge in [0.15, 0.2) is 5.78 Å². The molecule has 9 nitrogen and oxygen atoms in total. The topological polar surface area (TPSA) is 141 Å². The lowest BCUT2D eigenvalue weighted by Crippen LogP contribution is -2.55. The molecule has 0 radical (unpaired) electrons. The number of benzene rings is 2. The number of ketones is 2. The van der Waals surface area contributed by atoms with Crippen LogP contribution in [-0.2, 0) is 27.2 Å². The normalized spacial score (nSPS) is 16.8. The van der Waals surface area contributed by atoms with Gasteiger partial charge in [0, 0.05) is 47.5 Å². The Morgan fingerprint density at radius 3 is 2.12 bits per heavy atom. The third-order valence-corrected chi connectivity index (χ3v) is 10.4. The molecule has 51 heavy (non-hydrogen) atoms. The van der Waals surface area contributed by atoms with E-state index in [4.69, 9.17) is 0 Å².